The third-order valence-corrected chi connectivity index (χ3v) is 2.60. The van der Waals surface area contributed by atoms with Gasteiger partial charge in [-0.1, -0.05) is 5.11 Å². The Bertz CT molecular complexity index is 218. The minimum Gasteiger partial charge on any atom is -0.480 e. The van der Waals surface area contributed by atoms with Crippen molar-refractivity contribution in [3.63, 3.8) is 0 Å². The van der Waals surface area contributed by atoms with Crippen molar-refractivity contribution >= 4 is 17.7 Å². The van der Waals surface area contributed by atoms with Crippen molar-refractivity contribution < 1.29 is 9.90 Å². The van der Waals surface area contributed by atoms with Gasteiger partial charge in [-0.2, -0.15) is 11.8 Å². The number of rotatable bonds is 8. The summed E-state index contributed by atoms with van der Waals surface area (Å²) in [4.78, 5) is 12.9. The minimum absolute atomic E-state index is 0.474. The maximum atomic E-state index is 10.3. The van der Waals surface area contributed by atoms with Gasteiger partial charge in [-0.15, -0.1) is 0 Å². The number of nitrogens with two attached hydrogens (primary N) is 1. The molecule has 0 aliphatic heterocycles. The van der Waals surface area contributed by atoms with E-state index in [1.54, 1.807) is 11.8 Å². The zero-order chi connectivity index (χ0) is 10.8. The van der Waals surface area contributed by atoms with Gasteiger partial charge in [0.1, 0.15) is 6.04 Å². The standard InChI is InChI=1S/C7H14N4O2S/c8-6(7(12)13)2-5-14-4-1-3-10-11-9/h6H,1-5,8H2,(H,12,13). The van der Waals surface area contributed by atoms with Crippen LogP contribution in [0.3, 0.4) is 0 Å². The van der Waals surface area contributed by atoms with Crippen LogP contribution >= 0.6 is 11.8 Å². The van der Waals surface area contributed by atoms with E-state index in [9.17, 15) is 4.79 Å². The van der Waals surface area contributed by atoms with Crippen LogP contribution < -0.4 is 5.73 Å². The molecule has 0 aliphatic rings. The van der Waals surface area contributed by atoms with Gasteiger partial charge in [-0.05, 0) is 29.9 Å². The number of carboxylic acids is 1. The van der Waals surface area contributed by atoms with Crippen molar-refractivity contribution in [2.24, 2.45) is 10.8 Å². The molecule has 0 amide bonds. The van der Waals surface area contributed by atoms with Crippen LogP contribution in [0.15, 0.2) is 5.11 Å². The summed E-state index contributed by atoms with van der Waals surface area (Å²) >= 11 is 1.62. The summed E-state index contributed by atoms with van der Waals surface area (Å²) in [7, 11) is 0. The predicted octanol–water partition coefficient (Wildman–Crippen LogP) is 1.22. The fraction of sp³-hybridized carbons (Fsp3) is 0.857. The van der Waals surface area contributed by atoms with Crippen LogP contribution in [0, 0.1) is 0 Å². The number of azide groups is 1. The van der Waals surface area contributed by atoms with Crippen molar-refractivity contribution in [1.29, 1.82) is 0 Å². The monoisotopic (exact) mass is 218 g/mol. The predicted molar refractivity (Wildman–Crippen MR) is 56.2 cm³/mol. The summed E-state index contributed by atoms with van der Waals surface area (Å²) in [5.41, 5.74) is 13.3. The SMILES string of the molecule is [N-]=[N+]=NCCCSCCC(N)C(=O)O. The highest BCUT2D eigenvalue weighted by Gasteiger charge is 2.09. The van der Waals surface area contributed by atoms with Crippen molar-refractivity contribution in [2.45, 2.75) is 18.9 Å². The van der Waals surface area contributed by atoms with Gasteiger partial charge in [0.15, 0.2) is 0 Å². The summed E-state index contributed by atoms with van der Waals surface area (Å²) in [6.07, 6.45) is 1.29. The first-order valence-electron chi connectivity index (χ1n) is 4.25. The zero-order valence-electron chi connectivity index (χ0n) is 7.80. The number of nitrogens with zero attached hydrogens (tertiary/aromatic N) is 3. The lowest BCUT2D eigenvalue weighted by Gasteiger charge is -2.04. The van der Waals surface area contributed by atoms with Crippen molar-refractivity contribution in [2.75, 3.05) is 18.1 Å². The lowest BCUT2D eigenvalue weighted by atomic mass is 10.2. The van der Waals surface area contributed by atoms with E-state index < -0.39 is 12.0 Å². The third kappa shape index (κ3) is 7.72. The summed E-state index contributed by atoms with van der Waals surface area (Å²) in [5.74, 6) is 0.634. The van der Waals surface area contributed by atoms with Gasteiger partial charge < -0.3 is 10.8 Å². The Kier molecular flexibility index (Phi) is 8.11. The molecule has 0 bridgehead atoms. The molecule has 0 aromatic carbocycles. The maximum Gasteiger partial charge on any atom is 0.320 e. The first kappa shape index (κ1) is 13.1. The normalized spacial score (nSPS) is 11.8. The maximum absolute atomic E-state index is 10.3. The van der Waals surface area contributed by atoms with Gasteiger partial charge in [0.25, 0.3) is 0 Å². The summed E-state index contributed by atoms with van der Waals surface area (Å²) in [6, 6.07) is -0.764. The van der Waals surface area contributed by atoms with Crippen LogP contribution in [-0.4, -0.2) is 35.2 Å². The molecular formula is C7H14N4O2S. The van der Waals surface area contributed by atoms with E-state index in [-0.39, 0.29) is 0 Å². The van der Waals surface area contributed by atoms with Crippen LogP contribution in [0.4, 0.5) is 0 Å². The molecule has 0 aliphatic carbocycles. The molecule has 0 rings (SSSR count). The summed E-state index contributed by atoms with van der Waals surface area (Å²) in [5, 5.41) is 11.8. The first-order chi connectivity index (χ1) is 6.68. The molecule has 7 heteroatoms. The highest BCUT2D eigenvalue weighted by molar-refractivity contribution is 7.99. The van der Waals surface area contributed by atoms with E-state index in [1.807, 2.05) is 0 Å². The van der Waals surface area contributed by atoms with E-state index in [4.69, 9.17) is 16.4 Å². The molecule has 1 unspecified atom stereocenters. The summed E-state index contributed by atoms with van der Waals surface area (Å²) < 4.78 is 0. The average molecular weight is 218 g/mol. The Morgan fingerprint density at radius 3 is 2.93 bits per heavy atom. The fourth-order valence-corrected chi connectivity index (χ4v) is 1.68. The van der Waals surface area contributed by atoms with Crippen LogP contribution in [0.1, 0.15) is 12.8 Å². The van der Waals surface area contributed by atoms with Gasteiger partial charge in [-0.25, -0.2) is 0 Å². The second-order valence-corrected chi connectivity index (χ2v) is 3.88. The van der Waals surface area contributed by atoms with Crippen LogP contribution in [0.2, 0.25) is 0 Å². The molecule has 0 fully saturated rings. The van der Waals surface area contributed by atoms with Gasteiger partial charge in [0.2, 0.25) is 0 Å². The Balaban J connectivity index is 3.21. The number of thioether (sulfide) groups is 1. The van der Waals surface area contributed by atoms with E-state index in [0.717, 1.165) is 17.9 Å². The Morgan fingerprint density at radius 2 is 2.36 bits per heavy atom. The number of aliphatic carboxylic acids is 1. The minimum atomic E-state index is -0.959. The highest BCUT2D eigenvalue weighted by Crippen LogP contribution is 2.06. The smallest absolute Gasteiger partial charge is 0.320 e. The molecule has 14 heavy (non-hydrogen) atoms. The van der Waals surface area contributed by atoms with Gasteiger partial charge in [0, 0.05) is 11.5 Å². The molecule has 1 atom stereocenters. The molecule has 0 saturated heterocycles. The zero-order valence-corrected chi connectivity index (χ0v) is 8.61. The lowest BCUT2D eigenvalue weighted by Crippen LogP contribution is -2.30. The molecular weight excluding hydrogens is 204 g/mol. The van der Waals surface area contributed by atoms with Crippen molar-refractivity contribution in [3.05, 3.63) is 10.4 Å². The average Bonchev–Trinajstić information content (AvgIpc) is 2.16. The second kappa shape index (κ2) is 8.68. The molecule has 0 spiro atoms. The first-order valence-corrected chi connectivity index (χ1v) is 5.41. The Labute approximate surface area is 86.5 Å². The van der Waals surface area contributed by atoms with Crippen LogP contribution in [-0.2, 0) is 4.79 Å². The molecule has 80 valence electrons. The topological polar surface area (TPSA) is 112 Å². The van der Waals surface area contributed by atoms with E-state index in [1.165, 1.54) is 0 Å². The van der Waals surface area contributed by atoms with Gasteiger partial charge in [0.05, 0.1) is 0 Å². The Morgan fingerprint density at radius 1 is 1.64 bits per heavy atom. The van der Waals surface area contributed by atoms with Gasteiger partial charge in [-0.3, -0.25) is 4.79 Å². The number of hydrogen-bond acceptors (Lipinski definition) is 4. The molecule has 0 aromatic rings. The molecule has 0 saturated carbocycles. The van der Waals surface area contributed by atoms with E-state index >= 15 is 0 Å². The molecule has 0 radical (unpaired) electrons. The largest absolute Gasteiger partial charge is 0.480 e. The van der Waals surface area contributed by atoms with Crippen molar-refractivity contribution in [1.82, 2.24) is 0 Å². The fourth-order valence-electron chi connectivity index (χ4n) is 0.718. The molecule has 0 aromatic heterocycles. The highest BCUT2D eigenvalue weighted by atomic mass is 32.2. The van der Waals surface area contributed by atoms with Crippen LogP contribution in [0.5, 0.6) is 0 Å². The quantitative estimate of drug-likeness (QED) is 0.276. The Hall–Kier alpha value is -0.910. The molecule has 0 heterocycles. The summed E-state index contributed by atoms with van der Waals surface area (Å²) in [6.45, 7) is 0.495. The number of hydrogen-bond donors (Lipinski definition) is 2. The van der Waals surface area contributed by atoms with E-state index in [2.05, 4.69) is 10.0 Å². The third-order valence-electron chi connectivity index (χ3n) is 1.50. The molecule has 6 nitrogen and oxygen atoms in total. The van der Waals surface area contributed by atoms with Crippen molar-refractivity contribution in [3.8, 4) is 0 Å². The molecule has 3 N–H and O–H groups in total. The number of carboxylic acid groups (broad SMARTS) is 1. The number of carbonyl (C=O) groups is 1. The lowest BCUT2D eigenvalue weighted by molar-refractivity contribution is -0.138. The van der Waals surface area contributed by atoms with E-state index in [0.29, 0.717) is 13.0 Å². The van der Waals surface area contributed by atoms with Crippen LogP contribution in [0.25, 0.3) is 10.4 Å². The second-order valence-electron chi connectivity index (χ2n) is 2.65. The van der Waals surface area contributed by atoms with Gasteiger partial charge >= 0.3 is 5.97 Å².